The number of thioether (sulfide) groups is 1. The third-order valence-corrected chi connectivity index (χ3v) is 7.07. The van der Waals surface area contributed by atoms with Crippen LogP contribution in [-0.2, 0) is 16.0 Å². The lowest BCUT2D eigenvalue weighted by Gasteiger charge is -2.16. The summed E-state index contributed by atoms with van der Waals surface area (Å²) in [7, 11) is 0. The summed E-state index contributed by atoms with van der Waals surface area (Å²) in [5.74, 6) is 0.377. The topological polar surface area (TPSA) is 62.3 Å². The highest BCUT2D eigenvalue weighted by Gasteiger charge is 2.24. The second-order valence-corrected chi connectivity index (χ2v) is 10.1. The minimum absolute atomic E-state index is 0.0880. The maximum Gasteiger partial charge on any atom is 0.237 e. The number of nitrogens with one attached hydrogen (secondary N) is 1. The average molecular weight is 476 g/mol. The van der Waals surface area contributed by atoms with E-state index in [2.05, 4.69) is 32.3 Å². The zero-order valence-corrected chi connectivity index (χ0v) is 18.4. The predicted octanol–water partition coefficient (Wildman–Crippen LogP) is 4.70. The number of thiazole rings is 1. The molecule has 0 radical (unpaired) electrons. The molecule has 3 aromatic rings. The molecule has 1 aliphatic heterocycles. The lowest BCUT2D eigenvalue weighted by atomic mass is 10.2. The SMILES string of the molecule is C[C@@H](Br)C(=O)Nc1ccc2nc(SCC(=O)N3CCc4ccccc43)sc2c1. The fourth-order valence-corrected chi connectivity index (χ4v) is 5.18. The maximum atomic E-state index is 12.7. The van der Waals surface area contributed by atoms with Crippen molar-refractivity contribution in [3.05, 3.63) is 48.0 Å². The number of aromatic nitrogens is 1. The first kappa shape index (κ1) is 19.4. The monoisotopic (exact) mass is 475 g/mol. The van der Waals surface area contributed by atoms with Crippen LogP contribution >= 0.6 is 39.0 Å². The molecule has 0 saturated carbocycles. The molecule has 144 valence electrons. The molecule has 2 heterocycles. The summed E-state index contributed by atoms with van der Waals surface area (Å²) in [6.45, 7) is 2.53. The van der Waals surface area contributed by atoms with E-state index in [9.17, 15) is 9.59 Å². The van der Waals surface area contributed by atoms with Gasteiger partial charge in [0, 0.05) is 17.9 Å². The Labute approximate surface area is 179 Å². The summed E-state index contributed by atoms with van der Waals surface area (Å²) >= 11 is 6.26. The number of rotatable bonds is 5. The molecule has 0 unspecified atom stereocenters. The van der Waals surface area contributed by atoms with Crippen molar-refractivity contribution in [2.75, 3.05) is 22.5 Å². The normalized spacial score (nSPS) is 14.1. The molecule has 0 aliphatic carbocycles. The molecule has 1 aromatic heterocycles. The van der Waals surface area contributed by atoms with Gasteiger partial charge >= 0.3 is 0 Å². The van der Waals surface area contributed by atoms with Crippen molar-refractivity contribution >= 4 is 72.4 Å². The van der Waals surface area contributed by atoms with E-state index in [1.807, 2.05) is 41.3 Å². The van der Waals surface area contributed by atoms with Gasteiger partial charge in [0.25, 0.3) is 0 Å². The maximum absolute atomic E-state index is 12.7. The summed E-state index contributed by atoms with van der Waals surface area (Å²) in [6.07, 6.45) is 0.912. The molecule has 4 rings (SSSR count). The second-order valence-electron chi connectivity index (χ2n) is 6.48. The number of hydrogen-bond acceptors (Lipinski definition) is 5. The minimum Gasteiger partial charge on any atom is -0.325 e. The van der Waals surface area contributed by atoms with E-state index < -0.39 is 0 Å². The average Bonchev–Trinajstić information content (AvgIpc) is 3.29. The zero-order valence-electron chi connectivity index (χ0n) is 15.1. The first-order valence-electron chi connectivity index (χ1n) is 8.88. The van der Waals surface area contributed by atoms with E-state index in [0.717, 1.165) is 38.9 Å². The van der Waals surface area contributed by atoms with Crippen LogP contribution in [0.15, 0.2) is 46.8 Å². The highest BCUT2D eigenvalue weighted by molar-refractivity contribution is 9.10. The molecule has 0 spiro atoms. The third kappa shape index (κ3) is 4.09. The van der Waals surface area contributed by atoms with Gasteiger partial charge < -0.3 is 10.2 Å². The van der Waals surface area contributed by atoms with Gasteiger partial charge in [-0.15, -0.1) is 11.3 Å². The number of benzene rings is 2. The number of anilines is 2. The quantitative estimate of drug-likeness (QED) is 0.429. The predicted molar refractivity (Wildman–Crippen MR) is 120 cm³/mol. The Hall–Kier alpha value is -1.90. The number of para-hydroxylation sites is 1. The number of amides is 2. The molecule has 1 aliphatic rings. The van der Waals surface area contributed by atoms with Crippen molar-refractivity contribution in [2.45, 2.75) is 22.5 Å². The molecule has 0 saturated heterocycles. The van der Waals surface area contributed by atoms with Crippen molar-refractivity contribution in [3.63, 3.8) is 0 Å². The molecule has 5 nitrogen and oxygen atoms in total. The van der Waals surface area contributed by atoms with E-state index in [-0.39, 0.29) is 16.6 Å². The first-order chi connectivity index (χ1) is 13.5. The van der Waals surface area contributed by atoms with Crippen LogP contribution in [-0.4, -0.2) is 33.9 Å². The van der Waals surface area contributed by atoms with Crippen LogP contribution in [0.25, 0.3) is 10.2 Å². The van der Waals surface area contributed by atoms with Crippen LogP contribution in [0.3, 0.4) is 0 Å². The molecular formula is C20H18BrN3O2S2. The van der Waals surface area contributed by atoms with Crippen LogP contribution in [0.2, 0.25) is 0 Å². The second kappa shape index (κ2) is 8.23. The van der Waals surface area contributed by atoms with Gasteiger partial charge in [-0.25, -0.2) is 4.98 Å². The summed E-state index contributed by atoms with van der Waals surface area (Å²) in [4.78, 5) is 30.7. The Morgan fingerprint density at radius 1 is 1.32 bits per heavy atom. The van der Waals surface area contributed by atoms with Crippen molar-refractivity contribution in [3.8, 4) is 0 Å². The highest BCUT2D eigenvalue weighted by Crippen LogP contribution is 2.33. The Balaban J connectivity index is 1.42. The Morgan fingerprint density at radius 2 is 2.14 bits per heavy atom. The third-order valence-electron chi connectivity index (χ3n) is 4.50. The summed E-state index contributed by atoms with van der Waals surface area (Å²) < 4.78 is 1.84. The number of halogens is 1. The van der Waals surface area contributed by atoms with Gasteiger partial charge in [0.1, 0.15) is 0 Å². The number of hydrogen-bond donors (Lipinski definition) is 1. The van der Waals surface area contributed by atoms with Gasteiger partial charge in [-0.3, -0.25) is 9.59 Å². The molecule has 1 atom stereocenters. The summed E-state index contributed by atoms with van der Waals surface area (Å²) in [5, 5.41) is 2.86. The van der Waals surface area contributed by atoms with E-state index in [1.54, 1.807) is 6.92 Å². The molecule has 1 N–H and O–H groups in total. The minimum atomic E-state index is -0.252. The van der Waals surface area contributed by atoms with E-state index in [0.29, 0.717) is 5.75 Å². The van der Waals surface area contributed by atoms with Crippen LogP contribution in [0.4, 0.5) is 11.4 Å². The molecule has 0 bridgehead atoms. The molecule has 28 heavy (non-hydrogen) atoms. The van der Waals surface area contributed by atoms with Gasteiger partial charge in [0.05, 0.1) is 20.8 Å². The molecule has 2 amide bonds. The van der Waals surface area contributed by atoms with Gasteiger partial charge in [-0.2, -0.15) is 0 Å². The Morgan fingerprint density at radius 3 is 2.96 bits per heavy atom. The molecule has 2 aromatic carbocycles. The summed E-state index contributed by atoms with van der Waals surface area (Å²) in [6, 6.07) is 13.7. The number of carbonyl (C=O) groups excluding carboxylic acids is 2. The van der Waals surface area contributed by atoms with E-state index in [1.165, 1.54) is 28.7 Å². The fraction of sp³-hybridized carbons (Fsp3) is 0.250. The number of nitrogens with zero attached hydrogens (tertiary/aromatic N) is 2. The smallest absolute Gasteiger partial charge is 0.237 e. The number of alkyl halides is 1. The summed E-state index contributed by atoms with van der Waals surface area (Å²) in [5.41, 5.74) is 3.87. The molecule has 8 heteroatoms. The van der Waals surface area contributed by atoms with Crippen LogP contribution in [0, 0.1) is 0 Å². The lowest BCUT2D eigenvalue weighted by molar-refractivity contribution is -0.116. The van der Waals surface area contributed by atoms with Crippen molar-refractivity contribution in [1.82, 2.24) is 4.98 Å². The first-order valence-corrected chi connectivity index (χ1v) is 11.6. The van der Waals surface area contributed by atoms with Gasteiger partial charge in [-0.05, 0) is 43.2 Å². The fourth-order valence-electron chi connectivity index (χ4n) is 3.08. The van der Waals surface area contributed by atoms with Crippen LogP contribution in [0.5, 0.6) is 0 Å². The largest absolute Gasteiger partial charge is 0.325 e. The Kier molecular flexibility index (Phi) is 5.70. The zero-order chi connectivity index (χ0) is 19.7. The van der Waals surface area contributed by atoms with Crippen molar-refractivity contribution in [1.29, 1.82) is 0 Å². The highest BCUT2D eigenvalue weighted by atomic mass is 79.9. The number of fused-ring (bicyclic) bond motifs is 2. The molecule has 0 fully saturated rings. The van der Waals surface area contributed by atoms with Crippen molar-refractivity contribution in [2.24, 2.45) is 0 Å². The van der Waals surface area contributed by atoms with E-state index >= 15 is 0 Å². The van der Waals surface area contributed by atoms with Crippen LogP contribution < -0.4 is 10.2 Å². The molecular weight excluding hydrogens is 458 g/mol. The van der Waals surface area contributed by atoms with Gasteiger partial charge in [-0.1, -0.05) is 45.9 Å². The van der Waals surface area contributed by atoms with Crippen molar-refractivity contribution < 1.29 is 9.59 Å². The van der Waals surface area contributed by atoms with E-state index in [4.69, 9.17) is 0 Å². The standard InChI is InChI=1S/C20H18BrN3O2S2/c1-12(21)19(26)22-14-6-7-15-17(10-14)28-20(23-15)27-11-18(25)24-9-8-13-4-2-3-5-16(13)24/h2-7,10,12H,8-9,11H2,1H3,(H,22,26)/t12-/m1/s1. The van der Waals surface area contributed by atoms with Crippen LogP contribution in [0.1, 0.15) is 12.5 Å². The van der Waals surface area contributed by atoms with Gasteiger partial charge in [0.15, 0.2) is 4.34 Å². The van der Waals surface area contributed by atoms with Gasteiger partial charge in [0.2, 0.25) is 11.8 Å². The Bertz CT molecular complexity index is 1050. The lowest BCUT2D eigenvalue weighted by Crippen LogP contribution is -2.30. The number of carbonyl (C=O) groups is 2.